The minimum Gasteiger partial charge on any atom is -0.481 e. The van der Waals surface area contributed by atoms with Gasteiger partial charge in [0.05, 0.1) is 12.0 Å². The smallest absolute Gasteiger partial charge is 0.311 e. The van der Waals surface area contributed by atoms with E-state index in [-0.39, 0.29) is 11.8 Å². The SMILES string of the molecule is CCCN(CCC)C(=O)CN1CCC(C(=O)O)(C(C)C)C1. The van der Waals surface area contributed by atoms with E-state index in [0.29, 0.717) is 26.1 Å². The lowest BCUT2D eigenvalue weighted by atomic mass is 9.76. The van der Waals surface area contributed by atoms with Crippen LogP contribution in [0.1, 0.15) is 47.0 Å². The van der Waals surface area contributed by atoms with Crippen molar-refractivity contribution in [3.05, 3.63) is 0 Å². The van der Waals surface area contributed by atoms with Gasteiger partial charge < -0.3 is 10.0 Å². The quantitative estimate of drug-likeness (QED) is 0.745. The number of aliphatic carboxylic acids is 1. The fraction of sp³-hybridized carbons (Fsp3) is 0.875. The van der Waals surface area contributed by atoms with Crippen LogP contribution in [0.5, 0.6) is 0 Å². The van der Waals surface area contributed by atoms with Crippen molar-refractivity contribution in [1.82, 2.24) is 9.80 Å². The highest BCUT2D eigenvalue weighted by molar-refractivity contribution is 5.79. The Labute approximate surface area is 128 Å². The minimum atomic E-state index is -0.730. The molecule has 1 fully saturated rings. The number of carboxylic acid groups (broad SMARTS) is 1. The molecule has 1 unspecified atom stereocenters. The Balaban J connectivity index is 2.64. The lowest BCUT2D eigenvalue weighted by Gasteiger charge is -2.29. The summed E-state index contributed by atoms with van der Waals surface area (Å²) in [4.78, 5) is 27.9. The van der Waals surface area contributed by atoms with Crippen LogP contribution in [0.15, 0.2) is 0 Å². The van der Waals surface area contributed by atoms with E-state index < -0.39 is 11.4 Å². The van der Waals surface area contributed by atoms with Gasteiger partial charge in [-0.2, -0.15) is 0 Å². The molecule has 1 heterocycles. The third-order valence-electron chi connectivity index (χ3n) is 4.61. The fourth-order valence-electron chi connectivity index (χ4n) is 3.13. The van der Waals surface area contributed by atoms with E-state index in [4.69, 9.17) is 0 Å². The number of likely N-dealkylation sites (tertiary alicyclic amines) is 1. The molecule has 1 atom stereocenters. The molecule has 0 aromatic heterocycles. The van der Waals surface area contributed by atoms with E-state index >= 15 is 0 Å². The van der Waals surface area contributed by atoms with Crippen LogP contribution in [0.2, 0.25) is 0 Å². The molecule has 1 amide bonds. The van der Waals surface area contributed by atoms with Gasteiger partial charge in [0.25, 0.3) is 0 Å². The second-order valence-corrected chi connectivity index (χ2v) is 6.46. The van der Waals surface area contributed by atoms with Crippen molar-refractivity contribution in [3.63, 3.8) is 0 Å². The molecule has 0 aromatic rings. The van der Waals surface area contributed by atoms with Crippen molar-refractivity contribution in [2.24, 2.45) is 11.3 Å². The molecule has 0 aliphatic carbocycles. The summed E-state index contributed by atoms with van der Waals surface area (Å²) in [5.41, 5.74) is -0.694. The fourth-order valence-corrected chi connectivity index (χ4v) is 3.13. The zero-order valence-electron chi connectivity index (χ0n) is 13.9. The van der Waals surface area contributed by atoms with Crippen LogP contribution in [-0.4, -0.2) is 59.5 Å². The molecule has 0 bridgehead atoms. The van der Waals surface area contributed by atoms with Crippen LogP contribution < -0.4 is 0 Å². The van der Waals surface area contributed by atoms with Gasteiger partial charge in [-0.05, 0) is 31.7 Å². The van der Waals surface area contributed by atoms with Crippen LogP contribution in [0.25, 0.3) is 0 Å². The van der Waals surface area contributed by atoms with Gasteiger partial charge in [-0.3, -0.25) is 14.5 Å². The molecule has 0 spiro atoms. The van der Waals surface area contributed by atoms with E-state index in [9.17, 15) is 14.7 Å². The van der Waals surface area contributed by atoms with Gasteiger partial charge in [-0.25, -0.2) is 0 Å². The first-order chi connectivity index (χ1) is 9.87. The predicted molar refractivity (Wildman–Crippen MR) is 83.1 cm³/mol. The van der Waals surface area contributed by atoms with E-state index in [0.717, 1.165) is 25.9 Å². The number of hydrogen-bond donors (Lipinski definition) is 1. The standard InChI is InChI=1S/C16H30N2O3/c1-5-8-18(9-6-2)14(19)11-17-10-7-16(12-17,13(3)4)15(20)21/h13H,5-12H2,1-4H3,(H,20,21). The molecule has 122 valence electrons. The van der Waals surface area contributed by atoms with Gasteiger partial charge in [0, 0.05) is 19.6 Å². The molecule has 1 saturated heterocycles. The number of amides is 1. The highest BCUT2D eigenvalue weighted by Gasteiger charge is 2.47. The maximum absolute atomic E-state index is 12.4. The number of hydrogen-bond acceptors (Lipinski definition) is 3. The number of carboxylic acids is 1. The van der Waals surface area contributed by atoms with Crippen molar-refractivity contribution in [3.8, 4) is 0 Å². The van der Waals surface area contributed by atoms with Gasteiger partial charge in [0.1, 0.15) is 0 Å². The van der Waals surface area contributed by atoms with E-state index in [2.05, 4.69) is 13.8 Å². The van der Waals surface area contributed by atoms with Gasteiger partial charge in [-0.1, -0.05) is 27.7 Å². The molecule has 1 aliphatic rings. The van der Waals surface area contributed by atoms with Crippen LogP contribution in [0.3, 0.4) is 0 Å². The first kappa shape index (κ1) is 18.0. The Morgan fingerprint density at radius 2 is 1.81 bits per heavy atom. The van der Waals surface area contributed by atoms with Crippen molar-refractivity contribution in [1.29, 1.82) is 0 Å². The van der Waals surface area contributed by atoms with E-state index in [1.807, 2.05) is 23.6 Å². The number of rotatable bonds is 8. The van der Waals surface area contributed by atoms with Crippen LogP contribution in [-0.2, 0) is 9.59 Å². The van der Waals surface area contributed by atoms with Gasteiger partial charge in [0.15, 0.2) is 0 Å². The number of carbonyl (C=O) groups excluding carboxylic acids is 1. The Kier molecular flexibility index (Phi) is 6.65. The summed E-state index contributed by atoms with van der Waals surface area (Å²) in [7, 11) is 0. The van der Waals surface area contributed by atoms with Crippen LogP contribution in [0.4, 0.5) is 0 Å². The molecule has 0 aromatic carbocycles. The zero-order chi connectivity index (χ0) is 16.0. The molecule has 1 aliphatic heterocycles. The summed E-state index contributed by atoms with van der Waals surface area (Å²) in [6.45, 7) is 11.2. The second kappa shape index (κ2) is 7.78. The normalized spacial score (nSPS) is 22.7. The Bertz CT molecular complexity index is 365. The lowest BCUT2D eigenvalue weighted by Crippen LogP contribution is -2.43. The molecule has 5 heteroatoms. The van der Waals surface area contributed by atoms with Gasteiger partial charge in [-0.15, -0.1) is 0 Å². The Hall–Kier alpha value is -1.10. The second-order valence-electron chi connectivity index (χ2n) is 6.46. The summed E-state index contributed by atoms with van der Waals surface area (Å²) in [6, 6.07) is 0. The first-order valence-electron chi connectivity index (χ1n) is 8.10. The Morgan fingerprint density at radius 1 is 1.24 bits per heavy atom. The van der Waals surface area contributed by atoms with Crippen LogP contribution in [0, 0.1) is 11.3 Å². The molecular formula is C16H30N2O3. The maximum Gasteiger partial charge on any atom is 0.311 e. The molecular weight excluding hydrogens is 268 g/mol. The van der Waals surface area contributed by atoms with Crippen molar-refractivity contribution in [2.75, 3.05) is 32.7 Å². The summed E-state index contributed by atoms with van der Waals surface area (Å²) in [6.07, 6.45) is 2.54. The minimum absolute atomic E-state index is 0.0810. The lowest BCUT2D eigenvalue weighted by molar-refractivity contribution is -0.151. The maximum atomic E-state index is 12.4. The topological polar surface area (TPSA) is 60.9 Å². The van der Waals surface area contributed by atoms with Crippen molar-refractivity contribution in [2.45, 2.75) is 47.0 Å². The van der Waals surface area contributed by atoms with Gasteiger partial charge >= 0.3 is 5.97 Å². The summed E-state index contributed by atoms with van der Waals surface area (Å²) in [5, 5.41) is 9.54. The third-order valence-corrected chi connectivity index (χ3v) is 4.61. The molecule has 0 saturated carbocycles. The molecule has 1 rings (SSSR count). The van der Waals surface area contributed by atoms with Crippen LogP contribution >= 0.6 is 0 Å². The summed E-state index contributed by atoms with van der Waals surface area (Å²) in [5.74, 6) is -0.521. The predicted octanol–water partition coefficient (Wildman–Crippen LogP) is 2.07. The molecule has 1 N–H and O–H groups in total. The highest BCUT2D eigenvalue weighted by Crippen LogP contribution is 2.38. The Morgan fingerprint density at radius 3 is 2.19 bits per heavy atom. The average molecular weight is 298 g/mol. The van der Waals surface area contributed by atoms with E-state index in [1.54, 1.807) is 0 Å². The molecule has 21 heavy (non-hydrogen) atoms. The summed E-state index contributed by atoms with van der Waals surface area (Å²) < 4.78 is 0. The largest absolute Gasteiger partial charge is 0.481 e. The van der Waals surface area contributed by atoms with E-state index in [1.165, 1.54) is 0 Å². The van der Waals surface area contributed by atoms with Crippen molar-refractivity contribution < 1.29 is 14.7 Å². The third kappa shape index (κ3) is 4.19. The molecule has 5 nitrogen and oxygen atoms in total. The average Bonchev–Trinajstić information content (AvgIpc) is 2.84. The monoisotopic (exact) mass is 298 g/mol. The highest BCUT2D eigenvalue weighted by atomic mass is 16.4. The zero-order valence-corrected chi connectivity index (χ0v) is 13.9. The van der Waals surface area contributed by atoms with Crippen molar-refractivity contribution >= 4 is 11.9 Å². The molecule has 0 radical (unpaired) electrons. The van der Waals surface area contributed by atoms with Gasteiger partial charge in [0.2, 0.25) is 5.91 Å². The number of carbonyl (C=O) groups is 2. The first-order valence-corrected chi connectivity index (χ1v) is 8.10. The number of nitrogens with zero attached hydrogens (tertiary/aromatic N) is 2. The summed E-state index contributed by atoms with van der Waals surface area (Å²) >= 11 is 0.